The molecule has 1 saturated carbocycles. The minimum atomic E-state index is 0.207. The van der Waals surface area contributed by atoms with Crippen LogP contribution in [-0.4, -0.2) is 37.0 Å². The van der Waals surface area contributed by atoms with Crippen molar-refractivity contribution in [2.75, 3.05) is 20.1 Å². The average Bonchev–Trinajstić information content (AvgIpc) is 2.83. The Hall–Kier alpha value is -0.570. The Labute approximate surface area is 111 Å². The van der Waals surface area contributed by atoms with E-state index in [1.165, 1.54) is 32.1 Å². The van der Waals surface area contributed by atoms with E-state index in [-0.39, 0.29) is 5.92 Å². The SMILES string of the molecule is CCC1CCC(N(C)C(=O)[C@@H]2CNC[C@H]2C)CC1. The Morgan fingerprint density at radius 2 is 1.89 bits per heavy atom. The number of hydrogen-bond donors (Lipinski definition) is 1. The Bertz CT molecular complexity index is 284. The molecule has 2 rings (SSSR count). The van der Waals surface area contributed by atoms with Gasteiger partial charge in [0.1, 0.15) is 0 Å². The number of carbonyl (C=O) groups is 1. The molecule has 0 spiro atoms. The summed E-state index contributed by atoms with van der Waals surface area (Å²) in [5, 5.41) is 3.33. The van der Waals surface area contributed by atoms with Crippen LogP contribution in [0.5, 0.6) is 0 Å². The molecular weight excluding hydrogens is 224 g/mol. The summed E-state index contributed by atoms with van der Waals surface area (Å²) >= 11 is 0. The van der Waals surface area contributed by atoms with Crippen LogP contribution < -0.4 is 5.32 Å². The van der Waals surface area contributed by atoms with Crippen molar-refractivity contribution >= 4 is 5.91 Å². The van der Waals surface area contributed by atoms with Crippen molar-refractivity contribution in [1.82, 2.24) is 10.2 Å². The van der Waals surface area contributed by atoms with Crippen molar-refractivity contribution in [3.8, 4) is 0 Å². The minimum absolute atomic E-state index is 0.207. The maximum atomic E-state index is 12.5. The van der Waals surface area contributed by atoms with Gasteiger partial charge in [-0.1, -0.05) is 20.3 Å². The van der Waals surface area contributed by atoms with Gasteiger partial charge in [0, 0.05) is 19.6 Å². The number of amides is 1. The lowest BCUT2D eigenvalue weighted by atomic mass is 9.83. The first kappa shape index (κ1) is 13.9. The second-order valence-corrected chi connectivity index (χ2v) is 6.27. The molecule has 1 heterocycles. The van der Waals surface area contributed by atoms with Crippen LogP contribution in [0.2, 0.25) is 0 Å². The van der Waals surface area contributed by atoms with Crippen LogP contribution in [0.3, 0.4) is 0 Å². The number of nitrogens with one attached hydrogen (secondary N) is 1. The molecule has 2 fully saturated rings. The van der Waals surface area contributed by atoms with Crippen molar-refractivity contribution in [2.45, 2.75) is 52.0 Å². The predicted octanol–water partition coefficient (Wildman–Crippen LogP) is 2.27. The van der Waals surface area contributed by atoms with Crippen molar-refractivity contribution in [1.29, 1.82) is 0 Å². The molecule has 1 amide bonds. The van der Waals surface area contributed by atoms with Gasteiger partial charge in [0.2, 0.25) is 5.91 Å². The second kappa shape index (κ2) is 6.05. The molecule has 1 aliphatic heterocycles. The molecule has 0 bridgehead atoms. The van der Waals surface area contributed by atoms with Gasteiger partial charge < -0.3 is 10.2 Å². The van der Waals surface area contributed by atoms with Gasteiger partial charge in [0.25, 0.3) is 0 Å². The molecule has 2 aliphatic rings. The second-order valence-electron chi connectivity index (χ2n) is 6.27. The third-order valence-electron chi connectivity index (χ3n) is 5.12. The molecule has 104 valence electrons. The maximum Gasteiger partial charge on any atom is 0.227 e. The third kappa shape index (κ3) is 2.87. The highest BCUT2D eigenvalue weighted by Gasteiger charge is 2.34. The number of carbonyl (C=O) groups excluding carboxylic acids is 1. The standard InChI is InChI=1S/C15H28N2O/c1-4-12-5-7-13(8-6-12)17(3)15(18)14-10-16-9-11(14)2/h11-14,16H,4-10H2,1-3H3/t11-,12?,13?,14-/m1/s1. The highest BCUT2D eigenvalue weighted by molar-refractivity contribution is 5.79. The molecule has 0 aromatic carbocycles. The van der Waals surface area contributed by atoms with Crippen LogP contribution in [0, 0.1) is 17.8 Å². The normalized spacial score (nSPS) is 36.6. The lowest BCUT2D eigenvalue weighted by Crippen LogP contribution is -2.44. The third-order valence-corrected chi connectivity index (χ3v) is 5.12. The lowest BCUT2D eigenvalue weighted by Gasteiger charge is -2.36. The molecular formula is C15H28N2O. The molecule has 3 heteroatoms. The number of nitrogens with zero attached hydrogens (tertiary/aromatic N) is 1. The van der Waals surface area contributed by atoms with Gasteiger partial charge in [-0.25, -0.2) is 0 Å². The molecule has 0 aromatic rings. The first-order valence-electron chi connectivity index (χ1n) is 7.60. The molecule has 1 aliphatic carbocycles. The fourth-order valence-electron chi connectivity index (χ4n) is 3.52. The predicted molar refractivity (Wildman–Crippen MR) is 74.3 cm³/mol. The van der Waals surface area contributed by atoms with Crippen LogP contribution in [-0.2, 0) is 4.79 Å². The molecule has 2 atom stereocenters. The van der Waals surface area contributed by atoms with E-state index in [1.54, 1.807) is 0 Å². The van der Waals surface area contributed by atoms with Crippen molar-refractivity contribution in [3.63, 3.8) is 0 Å². The largest absolute Gasteiger partial charge is 0.342 e. The van der Waals surface area contributed by atoms with Crippen LogP contribution in [0.1, 0.15) is 46.0 Å². The zero-order valence-electron chi connectivity index (χ0n) is 12.1. The fourth-order valence-corrected chi connectivity index (χ4v) is 3.52. The highest BCUT2D eigenvalue weighted by Crippen LogP contribution is 2.30. The molecule has 18 heavy (non-hydrogen) atoms. The van der Waals surface area contributed by atoms with Crippen LogP contribution in [0.25, 0.3) is 0 Å². The quantitative estimate of drug-likeness (QED) is 0.835. The molecule has 0 radical (unpaired) electrons. The summed E-state index contributed by atoms with van der Waals surface area (Å²) in [6.07, 6.45) is 6.31. The lowest BCUT2D eigenvalue weighted by molar-refractivity contribution is -0.137. The smallest absolute Gasteiger partial charge is 0.227 e. The van der Waals surface area contributed by atoms with Gasteiger partial charge >= 0.3 is 0 Å². The molecule has 3 nitrogen and oxygen atoms in total. The summed E-state index contributed by atoms with van der Waals surface area (Å²) in [6, 6.07) is 0.494. The van der Waals surface area contributed by atoms with Gasteiger partial charge in [0.05, 0.1) is 5.92 Å². The monoisotopic (exact) mass is 252 g/mol. The van der Waals surface area contributed by atoms with Gasteiger partial charge in [-0.15, -0.1) is 0 Å². The Morgan fingerprint density at radius 1 is 1.22 bits per heavy atom. The van der Waals surface area contributed by atoms with E-state index in [0.717, 1.165) is 19.0 Å². The zero-order valence-corrected chi connectivity index (χ0v) is 12.1. The first-order chi connectivity index (χ1) is 8.63. The number of rotatable bonds is 3. The van der Waals surface area contributed by atoms with E-state index in [4.69, 9.17) is 0 Å². The van der Waals surface area contributed by atoms with E-state index in [0.29, 0.717) is 17.9 Å². The molecule has 0 unspecified atom stereocenters. The highest BCUT2D eigenvalue weighted by atomic mass is 16.2. The van der Waals surface area contributed by atoms with Gasteiger partial charge in [-0.2, -0.15) is 0 Å². The van der Waals surface area contributed by atoms with E-state index < -0.39 is 0 Å². The average molecular weight is 252 g/mol. The van der Waals surface area contributed by atoms with Crippen molar-refractivity contribution < 1.29 is 4.79 Å². The van der Waals surface area contributed by atoms with Crippen LogP contribution >= 0.6 is 0 Å². The topological polar surface area (TPSA) is 32.3 Å². The minimum Gasteiger partial charge on any atom is -0.342 e. The van der Waals surface area contributed by atoms with E-state index >= 15 is 0 Å². The van der Waals surface area contributed by atoms with Crippen molar-refractivity contribution in [2.24, 2.45) is 17.8 Å². The summed E-state index contributed by atoms with van der Waals surface area (Å²) in [7, 11) is 2.02. The Morgan fingerprint density at radius 3 is 2.39 bits per heavy atom. The van der Waals surface area contributed by atoms with E-state index in [1.807, 2.05) is 7.05 Å². The summed E-state index contributed by atoms with van der Waals surface area (Å²) in [6.45, 7) is 6.33. The summed E-state index contributed by atoms with van der Waals surface area (Å²) < 4.78 is 0. The maximum absolute atomic E-state index is 12.5. The van der Waals surface area contributed by atoms with Crippen molar-refractivity contribution in [3.05, 3.63) is 0 Å². The fraction of sp³-hybridized carbons (Fsp3) is 0.933. The van der Waals surface area contributed by atoms with E-state index in [2.05, 4.69) is 24.1 Å². The Kier molecular flexibility index (Phi) is 4.66. The first-order valence-corrected chi connectivity index (χ1v) is 7.60. The Balaban J connectivity index is 1.87. The molecule has 0 aromatic heterocycles. The van der Waals surface area contributed by atoms with Gasteiger partial charge in [-0.3, -0.25) is 4.79 Å². The molecule has 1 N–H and O–H groups in total. The van der Waals surface area contributed by atoms with Crippen LogP contribution in [0.4, 0.5) is 0 Å². The molecule has 1 saturated heterocycles. The van der Waals surface area contributed by atoms with Gasteiger partial charge in [0.15, 0.2) is 0 Å². The summed E-state index contributed by atoms with van der Waals surface area (Å²) in [5.41, 5.74) is 0. The summed E-state index contributed by atoms with van der Waals surface area (Å²) in [5.74, 6) is 1.97. The van der Waals surface area contributed by atoms with Crippen LogP contribution in [0.15, 0.2) is 0 Å². The zero-order chi connectivity index (χ0) is 13.1. The number of hydrogen-bond acceptors (Lipinski definition) is 2. The van der Waals surface area contributed by atoms with E-state index in [9.17, 15) is 4.79 Å². The van der Waals surface area contributed by atoms with Gasteiger partial charge in [-0.05, 0) is 44.1 Å². The summed E-state index contributed by atoms with van der Waals surface area (Å²) in [4.78, 5) is 14.5.